The van der Waals surface area contributed by atoms with Gasteiger partial charge in [0, 0.05) is 0 Å². The fraction of sp³-hybridized carbons (Fsp3) is 0.133. The first kappa shape index (κ1) is 14.7. The van der Waals surface area contributed by atoms with Crippen LogP contribution < -0.4 is 5.73 Å². The average molecular weight is 259 g/mol. The van der Waals surface area contributed by atoms with Crippen LogP contribution in [-0.2, 0) is 4.79 Å². The van der Waals surface area contributed by atoms with Crippen LogP contribution >= 0.6 is 0 Å². The van der Waals surface area contributed by atoms with Crippen LogP contribution in [0.1, 0.15) is 17.2 Å². The highest BCUT2D eigenvalue weighted by Crippen LogP contribution is 2.14. The molecule has 4 heteroatoms. The zero-order valence-corrected chi connectivity index (χ0v) is 10.7. The fourth-order valence-electron chi connectivity index (χ4n) is 1.36. The minimum atomic E-state index is -1.08. The Kier molecular flexibility index (Phi) is 5.57. The molecule has 0 heterocycles. The van der Waals surface area contributed by atoms with Gasteiger partial charge in [-0.15, -0.1) is 0 Å². The minimum Gasteiger partial charge on any atom is -0.508 e. The molecule has 0 fully saturated rings. The molecule has 0 unspecified atom stereocenters. The zero-order valence-electron chi connectivity index (χ0n) is 10.7. The Labute approximate surface area is 112 Å². The number of aliphatic carboxylic acids is 1. The highest BCUT2D eigenvalue weighted by Gasteiger charge is 2.13. The van der Waals surface area contributed by atoms with Crippen molar-refractivity contribution >= 4 is 5.97 Å². The SMILES string of the molecule is Cc1ccccc1.N[C@H](C(=O)O)c1ccc(O)cc1. The quantitative estimate of drug-likeness (QED) is 0.773. The lowest BCUT2D eigenvalue weighted by Crippen LogP contribution is -2.20. The Bertz CT molecular complexity index is 509. The van der Waals surface area contributed by atoms with Gasteiger partial charge in [0.2, 0.25) is 0 Å². The van der Waals surface area contributed by atoms with E-state index in [4.69, 9.17) is 15.9 Å². The molecule has 0 spiro atoms. The Morgan fingerprint density at radius 2 is 1.58 bits per heavy atom. The van der Waals surface area contributed by atoms with E-state index in [1.54, 1.807) is 0 Å². The van der Waals surface area contributed by atoms with E-state index < -0.39 is 12.0 Å². The summed E-state index contributed by atoms with van der Waals surface area (Å²) in [5.74, 6) is -0.989. The van der Waals surface area contributed by atoms with Gasteiger partial charge in [0.25, 0.3) is 0 Å². The van der Waals surface area contributed by atoms with Crippen molar-refractivity contribution in [3.63, 3.8) is 0 Å². The summed E-state index contributed by atoms with van der Waals surface area (Å²) in [5, 5.41) is 17.4. The third-order valence-electron chi connectivity index (χ3n) is 2.46. The van der Waals surface area contributed by atoms with Crippen molar-refractivity contribution in [1.82, 2.24) is 0 Å². The Morgan fingerprint density at radius 3 is 1.95 bits per heavy atom. The summed E-state index contributed by atoms with van der Waals surface area (Å²) in [6, 6.07) is 15.0. The molecule has 2 rings (SSSR count). The molecule has 0 radical (unpaired) electrons. The molecule has 2 aromatic rings. The van der Waals surface area contributed by atoms with Crippen molar-refractivity contribution in [1.29, 1.82) is 0 Å². The number of aryl methyl sites for hydroxylation is 1. The minimum absolute atomic E-state index is 0.0938. The van der Waals surface area contributed by atoms with E-state index in [2.05, 4.69) is 19.1 Å². The van der Waals surface area contributed by atoms with E-state index in [0.717, 1.165) is 0 Å². The first-order chi connectivity index (χ1) is 9.00. The molecule has 0 aromatic heterocycles. The summed E-state index contributed by atoms with van der Waals surface area (Å²) in [5.41, 5.74) is 7.10. The predicted molar refractivity (Wildman–Crippen MR) is 73.9 cm³/mol. The van der Waals surface area contributed by atoms with Gasteiger partial charge in [0.05, 0.1) is 0 Å². The molecule has 4 nitrogen and oxygen atoms in total. The summed E-state index contributed by atoms with van der Waals surface area (Å²) in [7, 11) is 0. The Balaban J connectivity index is 0.000000218. The average Bonchev–Trinajstić information content (AvgIpc) is 2.40. The van der Waals surface area contributed by atoms with Gasteiger partial charge in [-0.3, -0.25) is 4.79 Å². The Hall–Kier alpha value is -2.33. The fourth-order valence-corrected chi connectivity index (χ4v) is 1.36. The second-order valence-electron chi connectivity index (χ2n) is 4.06. The van der Waals surface area contributed by atoms with Crippen LogP contribution in [0.25, 0.3) is 0 Å². The monoisotopic (exact) mass is 259 g/mol. The number of carboxylic acids is 1. The highest BCUT2D eigenvalue weighted by molar-refractivity contribution is 5.75. The van der Waals surface area contributed by atoms with Crippen LogP contribution in [0.5, 0.6) is 5.75 Å². The van der Waals surface area contributed by atoms with Crippen molar-refractivity contribution in [2.75, 3.05) is 0 Å². The Morgan fingerprint density at radius 1 is 1.05 bits per heavy atom. The molecule has 0 aliphatic carbocycles. The summed E-state index contributed by atoms with van der Waals surface area (Å²) < 4.78 is 0. The number of aromatic hydroxyl groups is 1. The molecule has 0 aliphatic heterocycles. The van der Waals surface area contributed by atoms with Crippen molar-refractivity contribution in [3.05, 3.63) is 65.7 Å². The largest absolute Gasteiger partial charge is 0.508 e. The third-order valence-corrected chi connectivity index (χ3v) is 2.46. The van der Waals surface area contributed by atoms with Gasteiger partial charge in [-0.1, -0.05) is 48.0 Å². The summed E-state index contributed by atoms with van der Waals surface area (Å²) in [4.78, 5) is 10.4. The van der Waals surface area contributed by atoms with Gasteiger partial charge >= 0.3 is 5.97 Å². The van der Waals surface area contributed by atoms with Crippen LogP contribution in [-0.4, -0.2) is 16.2 Å². The molecule has 100 valence electrons. The van der Waals surface area contributed by atoms with E-state index in [1.807, 2.05) is 18.2 Å². The molecule has 2 aromatic carbocycles. The van der Waals surface area contributed by atoms with Crippen molar-refractivity contribution in [3.8, 4) is 5.75 Å². The van der Waals surface area contributed by atoms with E-state index in [0.29, 0.717) is 5.56 Å². The molecular weight excluding hydrogens is 242 g/mol. The van der Waals surface area contributed by atoms with Crippen molar-refractivity contribution in [2.24, 2.45) is 5.73 Å². The van der Waals surface area contributed by atoms with Gasteiger partial charge in [-0.25, -0.2) is 0 Å². The number of carboxylic acid groups (broad SMARTS) is 1. The van der Waals surface area contributed by atoms with Crippen LogP contribution in [0, 0.1) is 6.92 Å². The van der Waals surface area contributed by atoms with Crippen molar-refractivity contribution in [2.45, 2.75) is 13.0 Å². The number of hydrogen-bond donors (Lipinski definition) is 3. The predicted octanol–water partition coefficient (Wildman–Crippen LogP) is 2.47. The molecule has 0 saturated heterocycles. The normalized spacial score (nSPS) is 11.1. The van der Waals surface area contributed by atoms with Crippen LogP contribution in [0.3, 0.4) is 0 Å². The topological polar surface area (TPSA) is 83.6 Å². The number of rotatable bonds is 2. The number of phenolic OH excluding ortho intramolecular Hbond substituents is 1. The maximum absolute atomic E-state index is 10.4. The van der Waals surface area contributed by atoms with Crippen LogP contribution in [0.15, 0.2) is 54.6 Å². The van der Waals surface area contributed by atoms with Crippen LogP contribution in [0.4, 0.5) is 0 Å². The number of hydrogen-bond acceptors (Lipinski definition) is 3. The van der Waals surface area contributed by atoms with E-state index in [9.17, 15) is 4.79 Å². The maximum atomic E-state index is 10.4. The van der Waals surface area contributed by atoms with Gasteiger partial charge in [0.1, 0.15) is 11.8 Å². The molecule has 1 atom stereocenters. The van der Waals surface area contributed by atoms with Gasteiger partial charge < -0.3 is 15.9 Å². The van der Waals surface area contributed by atoms with Gasteiger partial charge in [-0.05, 0) is 24.6 Å². The smallest absolute Gasteiger partial charge is 0.325 e. The first-order valence-corrected chi connectivity index (χ1v) is 5.79. The third kappa shape index (κ3) is 5.23. The van der Waals surface area contributed by atoms with Crippen molar-refractivity contribution < 1.29 is 15.0 Å². The molecular formula is C15H17NO3. The van der Waals surface area contributed by atoms with E-state index >= 15 is 0 Å². The summed E-state index contributed by atoms with van der Waals surface area (Å²) in [6.07, 6.45) is 0. The molecule has 19 heavy (non-hydrogen) atoms. The van der Waals surface area contributed by atoms with E-state index in [-0.39, 0.29) is 5.75 Å². The second kappa shape index (κ2) is 7.18. The maximum Gasteiger partial charge on any atom is 0.325 e. The van der Waals surface area contributed by atoms with Crippen LogP contribution in [0.2, 0.25) is 0 Å². The lowest BCUT2D eigenvalue weighted by molar-refractivity contribution is -0.138. The highest BCUT2D eigenvalue weighted by atomic mass is 16.4. The number of carbonyl (C=O) groups is 1. The molecule has 0 amide bonds. The molecule has 0 aliphatic rings. The number of phenols is 1. The molecule has 0 bridgehead atoms. The molecule has 4 N–H and O–H groups in total. The van der Waals surface area contributed by atoms with Gasteiger partial charge in [-0.2, -0.15) is 0 Å². The summed E-state index contributed by atoms with van der Waals surface area (Å²) in [6.45, 7) is 2.08. The number of benzene rings is 2. The van der Waals surface area contributed by atoms with Gasteiger partial charge in [0.15, 0.2) is 0 Å². The van der Waals surface area contributed by atoms with E-state index in [1.165, 1.54) is 29.8 Å². The lowest BCUT2D eigenvalue weighted by atomic mass is 10.1. The molecule has 0 saturated carbocycles. The lowest BCUT2D eigenvalue weighted by Gasteiger charge is -2.05. The second-order valence-corrected chi connectivity index (χ2v) is 4.06. The standard InChI is InChI=1S/C8H9NO3.C7H8/c9-7(8(11)12)5-1-3-6(10)4-2-5;1-7-5-3-2-4-6-7/h1-4,7,10H,9H2,(H,11,12);2-6H,1H3/t7-;/m0./s1. The summed E-state index contributed by atoms with van der Waals surface area (Å²) >= 11 is 0. The zero-order chi connectivity index (χ0) is 14.3. The number of nitrogens with two attached hydrogens (primary N) is 1. The first-order valence-electron chi connectivity index (χ1n) is 5.79.